The van der Waals surface area contributed by atoms with Crippen LogP contribution in [0.2, 0.25) is 0 Å². The fourth-order valence-corrected chi connectivity index (χ4v) is 5.45. The largest absolute Gasteiger partial charge is 0.573 e. The molecule has 8 rings (SSSR count). The highest BCUT2D eigenvalue weighted by Crippen LogP contribution is 2.30. The van der Waals surface area contributed by atoms with E-state index in [0.717, 1.165) is 0 Å². The Kier molecular flexibility index (Phi) is 10.1. The predicted molar refractivity (Wildman–Crippen MR) is 185 cm³/mol. The summed E-state index contributed by atoms with van der Waals surface area (Å²) in [4.78, 5) is 44.8. The highest BCUT2D eigenvalue weighted by atomic mass is 19.4. The second-order valence-corrected chi connectivity index (χ2v) is 11.6. The summed E-state index contributed by atoms with van der Waals surface area (Å²) in [5.41, 5.74) is 4.04. The zero-order chi connectivity index (χ0) is 39.5. The SMILES string of the molecule is O=c1oc2ccc(-c3ccc(OC(F)(F)F)cc3)cc2n1Cc1ncccn1.O=c1oc2ncc(-c3ccc(OC(F)(F)F)cc3)cc2n1Cc1ncccn1. The number of hydrogen-bond acceptors (Lipinski definition) is 11. The normalized spacial score (nSPS) is 11.7. The number of halogens is 6. The molecule has 0 unspecified atom stereocenters. The van der Waals surface area contributed by atoms with Crippen molar-refractivity contribution in [1.82, 2.24) is 34.1 Å². The summed E-state index contributed by atoms with van der Waals surface area (Å²) in [6.07, 6.45) is -1.76. The Bertz CT molecular complexity index is 2520. The van der Waals surface area contributed by atoms with Crippen molar-refractivity contribution in [2.24, 2.45) is 0 Å². The van der Waals surface area contributed by atoms with Crippen molar-refractivity contribution in [3.8, 4) is 33.8 Å². The maximum absolute atomic E-state index is 12.3. The van der Waals surface area contributed by atoms with Crippen molar-refractivity contribution >= 4 is 22.3 Å². The number of hydrogen-bond donors (Lipinski definition) is 0. The summed E-state index contributed by atoms with van der Waals surface area (Å²) in [6, 6.07) is 20.9. The van der Waals surface area contributed by atoms with E-state index in [9.17, 15) is 35.9 Å². The van der Waals surface area contributed by atoms with Crippen LogP contribution in [0.4, 0.5) is 26.3 Å². The van der Waals surface area contributed by atoms with E-state index in [-0.39, 0.29) is 30.3 Å². The van der Waals surface area contributed by atoms with Gasteiger partial charge < -0.3 is 18.3 Å². The lowest BCUT2D eigenvalue weighted by molar-refractivity contribution is -0.275. The lowest BCUT2D eigenvalue weighted by Crippen LogP contribution is -2.17. The molecular formula is C37H23F6N7O6. The Labute approximate surface area is 309 Å². The van der Waals surface area contributed by atoms with Crippen molar-refractivity contribution in [3.63, 3.8) is 0 Å². The van der Waals surface area contributed by atoms with Gasteiger partial charge in [0.1, 0.15) is 28.7 Å². The zero-order valence-corrected chi connectivity index (χ0v) is 28.2. The fraction of sp³-hybridized carbons (Fsp3) is 0.108. The summed E-state index contributed by atoms with van der Waals surface area (Å²) < 4.78 is 94.6. The number of benzene rings is 3. The van der Waals surface area contributed by atoms with Gasteiger partial charge in [0.25, 0.3) is 0 Å². The Morgan fingerprint density at radius 2 is 0.982 bits per heavy atom. The second-order valence-electron chi connectivity index (χ2n) is 11.6. The third kappa shape index (κ3) is 8.89. The first-order chi connectivity index (χ1) is 26.8. The van der Waals surface area contributed by atoms with E-state index in [2.05, 4.69) is 34.4 Å². The molecule has 8 aromatic rings. The van der Waals surface area contributed by atoms with Gasteiger partial charge in [-0.3, -0.25) is 9.13 Å². The third-order valence-electron chi connectivity index (χ3n) is 7.87. The van der Waals surface area contributed by atoms with Crippen LogP contribution in [0.5, 0.6) is 11.5 Å². The number of oxazole rings is 2. The fourth-order valence-electron chi connectivity index (χ4n) is 5.45. The molecule has 19 heteroatoms. The number of nitrogens with zero attached hydrogens (tertiary/aromatic N) is 7. The smallest absolute Gasteiger partial charge is 0.408 e. The average Bonchev–Trinajstić information content (AvgIpc) is 3.65. The van der Waals surface area contributed by atoms with Crippen molar-refractivity contribution in [1.29, 1.82) is 0 Å². The van der Waals surface area contributed by atoms with E-state index in [1.54, 1.807) is 61.2 Å². The van der Waals surface area contributed by atoms with Crippen LogP contribution in [0.1, 0.15) is 11.6 Å². The number of alkyl halides is 6. The quantitative estimate of drug-likeness (QED) is 0.142. The van der Waals surface area contributed by atoms with Gasteiger partial charge in [0.05, 0.1) is 18.6 Å². The molecule has 0 saturated heterocycles. The Morgan fingerprint density at radius 1 is 0.536 bits per heavy atom. The molecule has 0 atom stereocenters. The number of ether oxygens (including phenoxy) is 2. The molecule has 0 aliphatic heterocycles. The number of rotatable bonds is 8. The Balaban J connectivity index is 0.000000172. The van der Waals surface area contributed by atoms with E-state index < -0.39 is 24.2 Å². The average molecular weight is 776 g/mol. The molecule has 0 N–H and O–H groups in total. The topological polar surface area (TPSA) is 153 Å². The van der Waals surface area contributed by atoms with Crippen LogP contribution < -0.4 is 21.0 Å². The Hall–Kier alpha value is -7.31. The van der Waals surface area contributed by atoms with Crippen LogP contribution in [0.15, 0.2) is 134 Å². The first-order valence-corrected chi connectivity index (χ1v) is 16.1. The lowest BCUT2D eigenvalue weighted by atomic mass is 10.1. The molecule has 0 saturated carbocycles. The standard InChI is InChI=1S/C19H12F3N3O3.C18H11F3N4O3/c20-19(21,22)28-14-5-2-12(3-6-14)13-4-7-16-15(10-13)25(18(26)27-16)11-17-23-8-1-9-24-17;19-18(20,21)28-13-4-2-11(3-5-13)12-8-14-16(24-9-12)27-17(26)25(14)10-15-22-6-1-7-23-15/h1-10H,11H2;1-9H,10H2. The maximum Gasteiger partial charge on any atom is 0.573 e. The van der Waals surface area contributed by atoms with Gasteiger partial charge in [0, 0.05) is 36.5 Å². The molecule has 0 fully saturated rings. The van der Waals surface area contributed by atoms with Crippen LogP contribution in [-0.4, -0.2) is 46.8 Å². The zero-order valence-electron chi connectivity index (χ0n) is 28.2. The number of fused-ring (bicyclic) bond motifs is 2. The van der Waals surface area contributed by atoms with Crippen LogP contribution in [0.3, 0.4) is 0 Å². The minimum Gasteiger partial charge on any atom is -0.408 e. The minimum atomic E-state index is -4.76. The summed E-state index contributed by atoms with van der Waals surface area (Å²) >= 11 is 0. The van der Waals surface area contributed by atoms with Crippen LogP contribution >= 0.6 is 0 Å². The van der Waals surface area contributed by atoms with Gasteiger partial charge in [-0.1, -0.05) is 30.3 Å². The highest BCUT2D eigenvalue weighted by molar-refractivity contribution is 5.81. The van der Waals surface area contributed by atoms with E-state index in [4.69, 9.17) is 8.83 Å². The van der Waals surface area contributed by atoms with Gasteiger partial charge in [0.15, 0.2) is 5.58 Å². The van der Waals surface area contributed by atoms with Crippen molar-refractivity contribution in [2.75, 3.05) is 0 Å². The first-order valence-electron chi connectivity index (χ1n) is 16.1. The Morgan fingerprint density at radius 3 is 1.50 bits per heavy atom. The van der Waals surface area contributed by atoms with Crippen LogP contribution in [0, 0.1) is 0 Å². The highest BCUT2D eigenvalue weighted by Gasteiger charge is 2.31. The summed E-state index contributed by atoms with van der Waals surface area (Å²) in [5, 5.41) is 0. The summed E-state index contributed by atoms with van der Waals surface area (Å²) in [6.45, 7) is 0.227. The molecule has 56 heavy (non-hydrogen) atoms. The predicted octanol–water partition coefficient (Wildman–Crippen LogP) is 7.39. The second kappa shape index (κ2) is 15.2. The molecular weight excluding hydrogens is 752 g/mol. The van der Waals surface area contributed by atoms with Gasteiger partial charge in [0.2, 0.25) is 5.71 Å². The number of aromatic nitrogens is 7. The van der Waals surface area contributed by atoms with Gasteiger partial charge in [-0.15, -0.1) is 26.3 Å². The van der Waals surface area contributed by atoms with E-state index >= 15 is 0 Å². The molecule has 5 aromatic heterocycles. The number of pyridine rings is 1. The molecule has 13 nitrogen and oxygen atoms in total. The molecule has 5 heterocycles. The van der Waals surface area contributed by atoms with Gasteiger partial charge in [-0.2, -0.15) is 0 Å². The first kappa shape index (κ1) is 37.0. The molecule has 0 bridgehead atoms. The van der Waals surface area contributed by atoms with Crippen LogP contribution in [-0.2, 0) is 13.1 Å². The summed E-state index contributed by atoms with van der Waals surface area (Å²) in [7, 11) is 0. The van der Waals surface area contributed by atoms with Gasteiger partial charge in [-0.05, 0) is 71.3 Å². The van der Waals surface area contributed by atoms with Crippen molar-refractivity contribution < 1.29 is 44.7 Å². The molecule has 0 radical (unpaired) electrons. The molecule has 0 aliphatic carbocycles. The lowest BCUT2D eigenvalue weighted by Gasteiger charge is -2.09. The van der Waals surface area contributed by atoms with E-state index in [1.807, 2.05) is 0 Å². The minimum absolute atomic E-state index is 0.0934. The maximum atomic E-state index is 12.3. The monoisotopic (exact) mass is 775 g/mol. The van der Waals surface area contributed by atoms with E-state index in [1.165, 1.54) is 63.9 Å². The summed E-state index contributed by atoms with van der Waals surface area (Å²) in [5.74, 6) is -0.919. The molecule has 0 spiro atoms. The van der Waals surface area contributed by atoms with Gasteiger partial charge >= 0.3 is 24.2 Å². The van der Waals surface area contributed by atoms with Gasteiger partial charge in [-0.25, -0.2) is 34.5 Å². The third-order valence-corrected chi connectivity index (χ3v) is 7.87. The van der Waals surface area contributed by atoms with Crippen molar-refractivity contribution in [3.05, 3.63) is 149 Å². The molecule has 3 aromatic carbocycles. The molecule has 0 aliphatic rings. The van der Waals surface area contributed by atoms with Crippen molar-refractivity contribution in [2.45, 2.75) is 25.8 Å². The van der Waals surface area contributed by atoms with E-state index in [0.29, 0.717) is 50.5 Å². The molecule has 0 amide bonds. The molecule has 284 valence electrons. The van der Waals surface area contributed by atoms with Crippen LogP contribution in [0.25, 0.3) is 44.6 Å².